The van der Waals surface area contributed by atoms with Crippen molar-refractivity contribution in [3.63, 3.8) is 0 Å². The first-order valence-electron chi connectivity index (χ1n) is 10.9. The van der Waals surface area contributed by atoms with Crippen LogP contribution in [0.5, 0.6) is 0 Å². The van der Waals surface area contributed by atoms with Gasteiger partial charge in [-0.3, -0.25) is 14.3 Å². The van der Waals surface area contributed by atoms with Gasteiger partial charge in [0.25, 0.3) is 5.91 Å². The SMILES string of the molecule is CCOC(=O)OC1=C(c2cc(C)ccc2C)C(=O)NC1CC1CC=S(NC(=O)C(F)(F)F)CC1. The van der Waals surface area contributed by atoms with Gasteiger partial charge in [-0.1, -0.05) is 34.4 Å². The number of hydrogen-bond acceptors (Lipinski definition) is 5. The molecule has 0 radical (unpaired) electrons. The second kappa shape index (κ2) is 10.6. The summed E-state index contributed by atoms with van der Waals surface area (Å²) in [5.74, 6) is -1.73. The lowest BCUT2D eigenvalue weighted by Crippen LogP contribution is -2.36. The first kappa shape index (κ1) is 25.8. The maximum absolute atomic E-state index is 12.9. The van der Waals surface area contributed by atoms with Gasteiger partial charge >= 0.3 is 18.2 Å². The predicted octanol–water partition coefficient (Wildman–Crippen LogP) is 4.15. The number of alkyl halides is 3. The van der Waals surface area contributed by atoms with Crippen LogP contribution in [0.3, 0.4) is 0 Å². The van der Waals surface area contributed by atoms with Crippen LogP contribution in [0.25, 0.3) is 5.57 Å². The minimum absolute atomic E-state index is 0.0237. The molecule has 1 aromatic carbocycles. The highest BCUT2D eigenvalue weighted by atomic mass is 32.2. The molecule has 0 saturated carbocycles. The van der Waals surface area contributed by atoms with Gasteiger partial charge in [-0.2, -0.15) is 13.2 Å². The highest BCUT2D eigenvalue weighted by Crippen LogP contribution is 2.35. The van der Waals surface area contributed by atoms with Crippen LogP contribution in [-0.4, -0.2) is 47.9 Å². The van der Waals surface area contributed by atoms with Gasteiger partial charge in [0, 0.05) is 5.75 Å². The number of halogens is 3. The van der Waals surface area contributed by atoms with Crippen LogP contribution >= 0.6 is 10.7 Å². The summed E-state index contributed by atoms with van der Waals surface area (Å²) in [6, 6.07) is 5.06. The highest BCUT2D eigenvalue weighted by Gasteiger charge is 2.40. The molecule has 2 heterocycles. The van der Waals surface area contributed by atoms with E-state index in [0.29, 0.717) is 30.6 Å². The molecule has 0 aliphatic carbocycles. The number of carbonyl (C=O) groups excluding carboxylic acids is 3. The van der Waals surface area contributed by atoms with Crippen molar-refractivity contribution in [2.24, 2.45) is 5.92 Å². The molecule has 0 saturated heterocycles. The number of rotatable bonds is 6. The molecule has 3 atom stereocenters. The zero-order valence-electron chi connectivity index (χ0n) is 19.1. The Bertz CT molecular complexity index is 1050. The molecule has 186 valence electrons. The Balaban J connectivity index is 1.81. The molecule has 34 heavy (non-hydrogen) atoms. The van der Waals surface area contributed by atoms with Crippen molar-refractivity contribution in [1.29, 1.82) is 0 Å². The summed E-state index contributed by atoms with van der Waals surface area (Å²) >= 11 is 0. The van der Waals surface area contributed by atoms with Crippen molar-refractivity contribution in [3.05, 3.63) is 40.6 Å². The summed E-state index contributed by atoms with van der Waals surface area (Å²) in [6.07, 6.45) is -4.39. The Morgan fingerprint density at radius 3 is 2.62 bits per heavy atom. The lowest BCUT2D eigenvalue weighted by atomic mass is 9.92. The van der Waals surface area contributed by atoms with Crippen molar-refractivity contribution < 1.29 is 37.0 Å². The normalized spacial score (nSPS) is 22.6. The van der Waals surface area contributed by atoms with Gasteiger partial charge in [0.2, 0.25) is 0 Å². The molecule has 2 aliphatic rings. The third-order valence-corrected chi connectivity index (χ3v) is 7.36. The van der Waals surface area contributed by atoms with E-state index in [2.05, 4.69) is 5.32 Å². The van der Waals surface area contributed by atoms with E-state index in [-0.39, 0.29) is 29.8 Å². The molecule has 11 heteroatoms. The molecule has 0 bridgehead atoms. The van der Waals surface area contributed by atoms with Crippen molar-refractivity contribution in [2.45, 2.75) is 52.3 Å². The summed E-state index contributed by atoms with van der Waals surface area (Å²) in [4.78, 5) is 36.3. The number of amides is 2. The van der Waals surface area contributed by atoms with E-state index in [9.17, 15) is 27.6 Å². The number of carbonyl (C=O) groups is 3. The van der Waals surface area contributed by atoms with Crippen LogP contribution in [-0.2, 0) is 19.1 Å². The summed E-state index contributed by atoms with van der Waals surface area (Å²) in [6.45, 7) is 5.51. The molecule has 7 nitrogen and oxygen atoms in total. The van der Waals surface area contributed by atoms with E-state index in [1.165, 1.54) is 0 Å². The van der Waals surface area contributed by atoms with Gasteiger partial charge in [-0.15, -0.1) is 0 Å². The maximum Gasteiger partial charge on any atom is 0.513 e. The van der Waals surface area contributed by atoms with Crippen LogP contribution in [0.15, 0.2) is 24.0 Å². The molecule has 2 amide bonds. The molecular weight excluding hydrogens is 473 g/mol. The minimum atomic E-state index is -4.92. The average Bonchev–Trinajstić information content (AvgIpc) is 3.05. The molecule has 0 aromatic heterocycles. The quantitative estimate of drug-likeness (QED) is 0.452. The lowest BCUT2D eigenvalue weighted by molar-refractivity contribution is -0.171. The third kappa shape index (κ3) is 6.19. The Labute approximate surface area is 198 Å². The topological polar surface area (TPSA) is 93.7 Å². The number of nitrogens with one attached hydrogen (secondary N) is 2. The molecule has 2 N–H and O–H groups in total. The molecule has 3 rings (SSSR count). The summed E-state index contributed by atoms with van der Waals surface area (Å²) in [5.41, 5.74) is 2.72. The van der Waals surface area contributed by atoms with Crippen LogP contribution in [0.1, 0.15) is 42.9 Å². The van der Waals surface area contributed by atoms with Crippen LogP contribution in [0.2, 0.25) is 0 Å². The second-order valence-corrected chi connectivity index (χ2v) is 10.0. The fraction of sp³-hybridized carbons (Fsp3) is 0.478. The fourth-order valence-corrected chi connectivity index (χ4v) is 5.73. The highest BCUT2D eigenvalue weighted by molar-refractivity contribution is 8.13. The number of benzene rings is 1. The molecule has 1 aromatic rings. The Hall–Kier alpha value is -2.82. The van der Waals surface area contributed by atoms with Crippen LogP contribution < -0.4 is 10.0 Å². The van der Waals surface area contributed by atoms with E-state index in [1.807, 2.05) is 36.8 Å². The van der Waals surface area contributed by atoms with E-state index < -0.39 is 35.0 Å². The van der Waals surface area contributed by atoms with Gasteiger partial charge in [0.05, 0.1) is 18.2 Å². The minimum Gasteiger partial charge on any atom is -0.434 e. The Morgan fingerprint density at radius 2 is 2.00 bits per heavy atom. The van der Waals surface area contributed by atoms with Crippen molar-refractivity contribution in [1.82, 2.24) is 10.0 Å². The number of aryl methyl sites for hydroxylation is 2. The van der Waals surface area contributed by atoms with E-state index in [1.54, 1.807) is 12.3 Å². The monoisotopic (exact) mass is 500 g/mol. The van der Waals surface area contributed by atoms with Gasteiger partial charge in [0.15, 0.2) is 0 Å². The van der Waals surface area contributed by atoms with Gasteiger partial charge in [0.1, 0.15) is 5.76 Å². The largest absolute Gasteiger partial charge is 0.513 e. The van der Waals surface area contributed by atoms with Gasteiger partial charge in [-0.25, -0.2) is 4.79 Å². The summed E-state index contributed by atoms with van der Waals surface area (Å²) < 4.78 is 49.9. The van der Waals surface area contributed by atoms with E-state index in [4.69, 9.17) is 9.47 Å². The molecule has 3 unspecified atom stereocenters. The first-order valence-corrected chi connectivity index (χ1v) is 12.3. The predicted molar refractivity (Wildman–Crippen MR) is 123 cm³/mol. The standard InChI is InChI=1S/C23H27F3N2O5S/c1-4-32-22(31)33-19-17(27-20(29)18(19)16-11-13(2)5-6-14(16)3)12-15-7-9-34(10-8-15)28-21(30)23(24,25)26/h5-6,9,11,15,17H,4,7-8,10,12H2,1-3H3,(H,27,29)(H,28,30). The Morgan fingerprint density at radius 1 is 1.26 bits per heavy atom. The maximum atomic E-state index is 12.9. The molecule has 2 aliphatic heterocycles. The number of ether oxygens (including phenoxy) is 2. The van der Waals surface area contributed by atoms with E-state index in [0.717, 1.165) is 11.1 Å². The smallest absolute Gasteiger partial charge is 0.434 e. The summed E-state index contributed by atoms with van der Waals surface area (Å²) in [5, 5.41) is 4.56. The van der Waals surface area contributed by atoms with Crippen molar-refractivity contribution in [2.75, 3.05) is 12.4 Å². The third-order valence-electron chi connectivity index (χ3n) is 5.64. The van der Waals surface area contributed by atoms with Crippen molar-refractivity contribution >= 4 is 39.6 Å². The molecular formula is C23H27F3N2O5S. The van der Waals surface area contributed by atoms with Gasteiger partial charge in [-0.05, 0) is 62.4 Å². The lowest BCUT2D eigenvalue weighted by Gasteiger charge is -2.26. The van der Waals surface area contributed by atoms with E-state index >= 15 is 0 Å². The fourth-order valence-electron chi connectivity index (χ4n) is 3.93. The Kier molecular flexibility index (Phi) is 8.06. The first-order chi connectivity index (χ1) is 16.0. The van der Waals surface area contributed by atoms with Crippen LogP contribution in [0, 0.1) is 19.8 Å². The van der Waals surface area contributed by atoms with Crippen molar-refractivity contribution in [3.8, 4) is 0 Å². The zero-order valence-corrected chi connectivity index (χ0v) is 19.9. The second-order valence-electron chi connectivity index (χ2n) is 8.22. The average molecular weight is 501 g/mol. The molecule has 0 spiro atoms. The zero-order chi connectivity index (χ0) is 25.0. The number of hydrogen-bond donors (Lipinski definition) is 2. The van der Waals surface area contributed by atoms with Gasteiger partial charge < -0.3 is 14.8 Å². The van der Waals surface area contributed by atoms with Crippen LogP contribution in [0.4, 0.5) is 18.0 Å². The molecule has 0 fully saturated rings. The summed E-state index contributed by atoms with van der Waals surface area (Å²) in [7, 11) is -0.964.